The highest BCUT2D eigenvalue weighted by Gasteiger charge is 2.42. The average Bonchev–Trinajstić information content (AvgIpc) is 2.83. The lowest BCUT2D eigenvalue weighted by Crippen LogP contribution is -2.30. The molecule has 0 saturated carbocycles. The smallest absolute Gasteiger partial charge is 0.255 e. The molecule has 2 aromatic carbocycles. The highest BCUT2D eigenvalue weighted by atomic mass is 32.2. The normalized spacial score (nSPS) is 18.0. The molecule has 1 aliphatic heterocycles. The number of anilines is 3. The molecule has 0 radical (unpaired) electrons. The molecule has 2 aromatic rings. The molecule has 0 bridgehead atoms. The second-order valence-corrected chi connectivity index (χ2v) is 8.41. The van der Waals surface area contributed by atoms with Crippen LogP contribution in [0.4, 0.5) is 17.1 Å². The maximum absolute atomic E-state index is 12.5. The van der Waals surface area contributed by atoms with E-state index in [1.54, 1.807) is 31.2 Å². The molecule has 1 fully saturated rings. The summed E-state index contributed by atoms with van der Waals surface area (Å²) < 4.78 is 25.2. The van der Waals surface area contributed by atoms with Gasteiger partial charge < -0.3 is 10.6 Å². The number of amides is 3. The summed E-state index contributed by atoms with van der Waals surface area (Å²) in [4.78, 5) is 35.8. The summed E-state index contributed by atoms with van der Waals surface area (Å²) in [6, 6.07) is 12.4. The zero-order chi connectivity index (χ0) is 20.5. The topological polar surface area (TPSA) is 113 Å². The largest absolute Gasteiger partial charge is 0.326 e. The highest BCUT2D eigenvalue weighted by molar-refractivity contribution is 7.94. The number of carbonyl (C=O) groups excluding carboxylic acids is 3. The zero-order valence-corrected chi connectivity index (χ0v) is 16.1. The van der Waals surface area contributed by atoms with Crippen LogP contribution in [0.2, 0.25) is 0 Å². The van der Waals surface area contributed by atoms with Crippen molar-refractivity contribution in [3.05, 3.63) is 54.1 Å². The average molecular weight is 401 g/mol. The molecule has 0 spiro atoms. The minimum Gasteiger partial charge on any atom is -0.326 e. The van der Waals surface area contributed by atoms with E-state index in [2.05, 4.69) is 10.6 Å². The van der Waals surface area contributed by atoms with E-state index in [1.807, 2.05) is 0 Å². The maximum Gasteiger partial charge on any atom is 0.255 e. The van der Waals surface area contributed by atoms with Gasteiger partial charge in [-0.1, -0.05) is 13.0 Å². The van der Waals surface area contributed by atoms with Crippen LogP contribution in [0.25, 0.3) is 0 Å². The van der Waals surface area contributed by atoms with Crippen molar-refractivity contribution in [1.82, 2.24) is 0 Å². The number of hydrogen-bond donors (Lipinski definition) is 2. The highest BCUT2D eigenvalue weighted by Crippen LogP contribution is 2.29. The number of carbonyl (C=O) groups is 3. The predicted molar refractivity (Wildman–Crippen MR) is 106 cm³/mol. The molecule has 0 unspecified atom stereocenters. The number of benzene rings is 2. The van der Waals surface area contributed by atoms with Crippen molar-refractivity contribution >= 4 is 44.8 Å². The molecule has 3 amide bonds. The van der Waals surface area contributed by atoms with Gasteiger partial charge in [0.25, 0.3) is 5.91 Å². The van der Waals surface area contributed by atoms with E-state index in [0.29, 0.717) is 11.4 Å². The van der Waals surface area contributed by atoms with Crippen LogP contribution >= 0.6 is 0 Å². The van der Waals surface area contributed by atoms with Gasteiger partial charge in [-0.15, -0.1) is 0 Å². The molecule has 1 atom stereocenters. The minimum atomic E-state index is -3.74. The first kappa shape index (κ1) is 19.6. The van der Waals surface area contributed by atoms with Gasteiger partial charge in [-0.05, 0) is 42.5 Å². The molecule has 1 saturated heterocycles. The van der Waals surface area contributed by atoms with Crippen LogP contribution in [-0.2, 0) is 19.6 Å². The summed E-state index contributed by atoms with van der Waals surface area (Å²) in [5, 5.41) is 5.32. The Labute approximate surface area is 162 Å². The monoisotopic (exact) mass is 401 g/mol. The van der Waals surface area contributed by atoms with Crippen LogP contribution < -0.4 is 14.9 Å². The van der Waals surface area contributed by atoms with Gasteiger partial charge in [0, 0.05) is 23.9 Å². The van der Waals surface area contributed by atoms with E-state index >= 15 is 0 Å². The van der Waals surface area contributed by atoms with Crippen molar-refractivity contribution in [2.75, 3.05) is 20.7 Å². The summed E-state index contributed by atoms with van der Waals surface area (Å²) in [7, 11) is -3.74. The number of rotatable bonds is 4. The Morgan fingerprint density at radius 3 is 2.18 bits per heavy atom. The van der Waals surface area contributed by atoms with E-state index in [0.717, 1.165) is 4.31 Å². The van der Waals surface area contributed by atoms with E-state index in [1.165, 1.54) is 31.2 Å². The Kier molecular flexibility index (Phi) is 5.19. The molecule has 1 heterocycles. The first-order valence-electron chi connectivity index (χ1n) is 8.53. The number of nitrogens with one attached hydrogen (secondary N) is 2. The number of nitrogens with zero attached hydrogens (tertiary/aromatic N) is 1. The van der Waals surface area contributed by atoms with E-state index < -0.39 is 27.8 Å². The molecule has 146 valence electrons. The summed E-state index contributed by atoms with van der Waals surface area (Å²) >= 11 is 0. The number of sulfonamides is 1. The van der Waals surface area contributed by atoms with E-state index in [-0.39, 0.29) is 22.9 Å². The Hall–Kier alpha value is -3.20. The van der Waals surface area contributed by atoms with Crippen LogP contribution in [-0.4, -0.2) is 31.9 Å². The second-order valence-electron chi connectivity index (χ2n) is 6.55. The summed E-state index contributed by atoms with van der Waals surface area (Å²) in [5.74, 6) is -2.03. The number of hydrogen-bond acceptors (Lipinski definition) is 5. The second kappa shape index (κ2) is 7.43. The van der Waals surface area contributed by atoms with Gasteiger partial charge in [-0.25, -0.2) is 12.7 Å². The molecule has 8 nitrogen and oxygen atoms in total. The first-order valence-corrected chi connectivity index (χ1v) is 10.1. The lowest BCUT2D eigenvalue weighted by molar-refractivity contribution is -0.119. The van der Waals surface area contributed by atoms with Crippen molar-refractivity contribution < 1.29 is 22.8 Å². The predicted octanol–water partition coefficient (Wildman–Crippen LogP) is 2.21. The summed E-state index contributed by atoms with van der Waals surface area (Å²) in [6.07, 6.45) is 0. The zero-order valence-electron chi connectivity index (χ0n) is 15.3. The van der Waals surface area contributed by atoms with Crippen LogP contribution in [0.5, 0.6) is 0 Å². The minimum absolute atomic E-state index is 0.142. The molecular weight excluding hydrogens is 382 g/mol. The fourth-order valence-electron chi connectivity index (χ4n) is 2.90. The van der Waals surface area contributed by atoms with Crippen molar-refractivity contribution in [3.63, 3.8) is 0 Å². The Bertz CT molecular complexity index is 1050. The van der Waals surface area contributed by atoms with Gasteiger partial charge in [0.1, 0.15) is 0 Å². The van der Waals surface area contributed by atoms with Gasteiger partial charge >= 0.3 is 0 Å². The standard InChI is InChI=1S/C19H19N3O5S/c1-12-11-28(26,27)22(19(12)25)17-5-3-4-14(10-17)18(24)21-16-8-6-15(7-9-16)20-13(2)23/h3-10,12H,11H2,1-2H3,(H,20,23)(H,21,24)/t12-/m0/s1. The third-order valence-corrected chi connectivity index (χ3v) is 6.03. The van der Waals surface area contributed by atoms with Gasteiger partial charge in [-0.3, -0.25) is 14.4 Å². The summed E-state index contributed by atoms with van der Waals surface area (Å²) in [5.41, 5.74) is 1.45. The maximum atomic E-state index is 12.5. The summed E-state index contributed by atoms with van der Waals surface area (Å²) in [6.45, 7) is 2.95. The third-order valence-electron chi connectivity index (χ3n) is 4.17. The van der Waals surface area contributed by atoms with E-state index in [4.69, 9.17) is 0 Å². The lowest BCUT2D eigenvalue weighted by Gasteiger charge is -2.16. The molecule has 9 heteroatoms. The fraction of sp³-hybridized carbons (Fsp3) is 0.211. The van der Waals surface area contributed by atoms with Crippen LogP contribution in [0.3, 0.4) is 0 Å². The Morgan fingerprint density at radius 1 is 1.04 bits per heavy atom. The van der Waals surface area contributed by atoms with Crippen molar-refractivity contribution in [3.8, 4) is 0 Å². The molecule has 1 aliphatic rings. The molecule has 3 rings (SSSR count). The van der Waals surface area contributed by atoms with Crippen LogP contribution in [0, 0.1) is 5.92 Å². The van der Waals surface area contributed by atoms with Gasteiger partial charge in [0.2, 0.25) is 21.8 Å². The van der Waals surface area contributed by atoms with Crippen molar-refractivity contribution in [1.29, 1.82) is 0 Å². The van der Waals surface area contributed by atoms with Crippen LogP contribution in [0.15, 0.2) is 48.5 Å². The first-order chi connectivity index (χ1) is 13.2. The third kappa shape index (κ3) is 4.04. The fourth-order valence-corrected chi connectivity index (χ4v) is 4.72. The SMILES string of the molecule is CC(=O)Nc1ccc(NC(=O)c2cccc(N3C(=O)[C@@H](C)CS3(=O)=O)c2)cc1. The molecule has 2 N–H and O–H groups in total. The quantitative estimate of drug-likeness (QED) is 0.816. The molecule has 0 aromatic heterocycles. The lowest BCUT2D eigenvalue weighted by atomic mass is 10.1. The molecule has 0 aliphatic carbocycles. The Balaban J connectivity index is 1.79. The van der Waals surface area contributed by atoms with E-state index in [9.17, 15) is 22.8 Å². The van der Waals surface area contributed by atoms with Gasteiger partial charge in [0.05, 0.1) is 17.4 Å². The Morgan fingerprint density at radius 2 is 1.64 bits per heavy atom. The molecular formula is C19H19N3O5S. The molecule has 28 heavy (non-hydrogen) atoms. The van der Waals surface area contributed by atoms with Crippen molar-refractivity contribution in [2.24, 2.45) is 5.92 Å². The van der Waals surface area contributed by atoms with Gasteiger partial charge in [0.15, 0.2) is 0 Å². The van der Waals surface area contributed by atoms with Crippen LogP contribution in [0.1, 0.15) is 24.2 Å². The van der Waals surface area contributed by atoms with Crippen molar-refractivity contribution in [2.45, 2.75) is 13.8 Å². The van der Waals surface area contributed by atoms with Gasteiger partial charge in [-0.2, -0.15) is 0 Å².